The Labute approximate surface area is 155 Å². The van der Waals surface area contributed by atoms with Crippen molar-refractivity contribution in [3.05, 3.63) is 29.5 Å². The van der Waals surface area contributed by atoms with Crippen LogP contribution < -0.4 is 0 Å². The third-order valence-electron chi connectivity index (χ3n) is 2.62. The SMILES string of the molecule is CCP(=O)(CC)OC(Br)c1cc(Br)c(Br)c(Br)c1Br. The predicted molar refractivity (Wildman–Crippen MR) is 98.7 cm³/mol. The Morgan fingerprint density at radius 3 is 2.11 bits per heavy atom. The van der Waals surface area contributed by atoms with Crippen molar-refractivity contribution in [2.75, 3.05) is 12.3 Å². The van der Waals surface area contributed by atoms with E-state index < -0.39 is 12.4 Å². The maximum Gasteiger partial charge on any atom is 0.204 e. The molecule has 0 aromatic heterocycles. The highest BCUT2D eigenvalue weighted by Gasteiger charge is 2.26. The van der Waals surface area contributed by atoms with Gasteiger partial charge in [-0.25, -0.2) is 0 Å². The molecule has 1 atom stereocenters. The van der Waals surface area contributed by atoms with E-state index in [0.29, 0.717) is 12.3 Å². The second-order valence-electron chi connectivity index (χ2n) is 3.76. The highest BCUT2D eigenvalue weighted by Crippen LogP contribution is 2.53. The van der Waals surface area contributed by atoms with Crippen molar-refractivity contribution in [2.24, 2.45) is 0 Å². The number of benzene rings is 1. The van der Waals surface area contributed by atoms with Crippen LogP contribution in [0.15, 0.2) is 24.0 Å². The van der Waals surface area contributed by atoms with Crippen molar-refractivity contribution < 1.29 is 9.09 Å². The number of hydrogen-bond acceptors (Lipinski definition) is 2. The molecular formula is C11H12Br5O2P. The van der Waals surface area contributed by atoms with Gasteiger partial charge in [0.25, 0.3) is 0 Å². The lowest BCUT2D eigenvalue weighted by atomic mass is 10.2. The lowest BCUT2D eigenvalue weighted by Crippen LogP contribution is -2.01. The molecule has 8 heteroatoms. The minimum absolute atomic E-state index is 0.423. The normalized spacial score (nSPS) is 13.6. The van der Waals surface area contributed by atoms with E-state index in [4.69, 9.17) is 4.52 Å². The molecular weight excluding hydrogens is 595 g/mol. The van der Waals surface area contributed by atoms with E-state index in [1.165, 1.54) is 0 Å². The molecule has 0 aliphatic rings. The van der Waals surface area contributed by atoms with Crippen LogP contribution >= 0.6 is 87.0 Å². The van der Waals surface area contributed by atoms with Crippen LogP contribution in [0.25, 0.3) is 0 Å². The molecule has 0 heterocycles. The van der Waals surface area contributed by atoms with Crippen molar-refractivity contribution in [2.45, 2.75) is 18.9 Å². The van der Waals surface area contributed by atoms with E-state index in [9.17, 15) is 4.57 Å². The third-order valence-corrected chi connectivity index (χ3v) is 10.8. The average molecular weight is 607 g/mol. The lowest BCUT2D eigenvalue weighted by molar-refractivity contribution is 0.299. The quantitative estimate of drug-likeness (QED) is 0.151. The van der Waals surface area contributed by atoms with Gasteiger partial charge < -0.3 is 4.52 Å². The van der Waals surface area contributed by atoms with Gasteiger partial charge >= 0.3 is 0 Å². The predicted octanol–water partition coefficient (Wildman–Crippen LogP) is 7.46. The summed E-state index contributed by atoms with van der Waals surface area (Å²) in [5.41, 5.74) is 0.879. The van der Waals surface area contributed by atoms with Gasteiger partial charge in [0.2, 0.25) is 7.37 Å². The Morgan fingerprint density at radius 1 is 1.11 bits per heavy atom. The van der Waals surface area contributed by atoms with Gasteiger partial charge in [-0.05, 0) is 69.8 Å². The molecule has 19 heavy (non-hydrogen) atoms. The van der Waals surface area contributed by atoms with E-state index in [-0.39, 0.29) is 0 Å². The fourth-order valence-corrected chi connectivity index (χ4v) is 6.39. The molecule has 108 valence electrons. The maximum atomic E-state index is 12.4. The monoisotopic (exact) mass is 602 g/mol. The van der Waals surface area contributed by atoms with Gasteiger partial charge in [0.15, 0.2) is 0 Å². The number of halogens is 5. The molecule has 2 nitrogen and oxygen atoms in total. The molecule has 0 radical (unpaired) electrons. The van der Waals surface area contributed by atoms with Crippen LogP contribution in [0.4, 0.5) is 0 Å². The zero-order valence-electron chi connectivity index (χ0n) is 10.2. The van der Waals surface area contributed by atoms with Gasteiger partial charge in [-0.3, -0.25) is 4.57 Å². The molecule has 1 unspecified atom stereocenters. The van der Waals surface area contributed by atoms with Crippen molar-refractivity contribution >= 4 is 87.0 Å². The van der Waals surface area contributed by atoms with E-state index in [1.54, 1.807) is 0 Å². The summed E-state index contributed by atoms with van der Waals surface area (Å²) >= 11 is 17.4. The van der Waals surface area contributed by atoms with Crippen LogP contribution in [0, 0.1) is 0 Å². The fraction of sp³-hybridized carbons (Fsp3) is 0.455. The van der Waals surface area contributed by atoms with E-state index in [2.05, 4.69) is 79.6 Å². The number of rotatable bonds is 5. The first-order chi connectivity index (χ1) is 8.75. The summed E-state index contributed by atoms with van der Waals surface area (Å²) in [6.07, 6.45) is 1.06. The largest absolute Gasteiger partial charge is 0.309 e. The van der Waals surface area contributed by atoms with Crippen LogP contribution in [0.1, 0.15) is 24.4 Å². The number of alkyl halides is 1. The molecule has 1 aromatic rings. The van der Waals surface area contributed by atoms with Gasteiger partial charge in [0.05, 0.1) is 0 Å². The minimum Gasteiger partial charge on any atom is -0.309 e. The van der Waals surface area contributed by atoms with Crippen molar-refractivity contribution in [1.29, 1.82) is 0 Å². The van der Waals surface area contributed by atoms with Crippen LogP contribution in [-0.4, -0.2) is 12.3 Å². The molecule has 1 aromatic carbocycles. The summed E-state index contributed by atoms with van der Waals surface area (Å²) in [5, 5.41) is -0.423. The van der Waals surface area contributed by atoms with Crippen molar-refractivity contribution in [3.8, 4) is 0 Å². The highest BCUT2D eigenvalue weighted by atomic mass is 79.9. The molecule has 0 aliphatic carbocycles. The van der Waals surface area contributed by atoms with Crippen molar-refractivity contribution in [3.63, 3.8) is 0 Å². The summed E-state index contributed by atoms with van der Waals surface area (Å²) in [5.74, 6) is 0. The Morgan fingerprint density at radius 2 is 1.63 bits per heavy atom. The van der Waals surface area contributed by atoms with E-state index in [0.717, 1.165) is 23.5 Å². The van der Waals surface area contributed by atoms with Gasteiger partial charge in [0.1, 0.15) is 5.01 Å². The van der Waals surface area contributed by atoms with E-state index >= 15 is 0 Å². The third kappa shape index (κ3) is 4.64. The minimum atomic E-state index is -2.57. The molecule has 0 aliphatic heterocycles. The molecule has 0 amide bonds. The first kappa shape index (κ1) is 18.9. The summed E-state index contributed by atoms with van der Waals surface area (Å²) in [7, 11) is -2.57. The Kier molecular flexibility index (Phi) is 7.83. The zero-order valence-corrected chi connectivity index (χ0v) is 19.0. The Balaban J connectivity index is 3.14. The molecule has 0 spiro atoms. The molecule has 1 rings (SSSR count). The topological polar surface area (TPSA) is 26.3 Å². The first-order valence-electron chi connectivity index (χ1n) is 5.49. The number of hydrogen-bond donors (Lipinski definition) is 0. The second kappa shape index (κ2) is 7.89. The molecule has 0 saturated heterocycles. The summed E-state index contributed by atoms with van der Waals surface area (Å²) in [4.78, 5) is 0. The summed E-state index contributed by atoms with van der Waals surface area (Å²) in [6.45, 7) is 3.76. The molecule has 0 fully saturated rings. The molecule has 0 bridgehead atoms. The fourth-order valence-electron chi connectivity index (χ4n) is 1.35. The van der Waals surface area contributed by atoms with Crippen LogP contribution in [0.2, 0.25) is 0 Å². The van der Waals surface area contributed by atoms with Crippen LogP contribution in [-0.2, 0) is 9.09 Å². The first-order valence-corrected chi connectivity index (χ1v) is 11.6. The zero-order chi connectivity index (χ0) is 14.8. The average Bonchev–Trinajstić information content (AvgIpc) is 2.40. The Hall–Kier alpha value is 1.81. The maximum absolute atomic E-state index is 12.4. The lowest BCUT2D eigenvalue weighted by Gasteiger charge is -2.21. The highest BCUT2D eigenvalue weighted by molar-refractivity contribution is 9.15. The second-order valence-corrected chi connectivity index (χ2v) is 10.9. The van der Waals surface area contributed by atoms with Gasteiger partial charge in [-0.2, -0.15) is 0 Å². The van der Waals surface area contributed by atoms with Gasteiger partial charge in [-0.1, -0.05) is 29.8 Å². The van der Waals surface area contributed by atoms with Crippen molar-refractivity contribution in [1.82, 2.24) is 0 Å². The van der Waals surface area contributed by atoms with Gasteiger partial charge in [0, 0.05) is 35.8 Å². The smallest absolute Gasteiger partial charge is 0.204 e. The Bertz CT molecular complexity index is 512. The van der Waals surface area contributed by atoms with Gasteiger partial charge in [-0.15, -0.1) is 0 Å². The van der Waals surface area contributed by atoms with Crippen LogP contribution in [0.3, 0.4) is 0 Å². The summed E-state index contributed by atoms with van der Waals surface area (Å²) in [6, 6.07) is 1.92. The molecule has 0 N–H and O–H groups in total. The summed E-state index contributed by atoms with van der Waals surface area (Å²) < 4.78 is 21.7. The standard InChI is InChI=1S/C11H12Br5O2P/c1-3-19(17,4-2)18-11(16)6-5-7(12)9(14)10(15)8(6)13/h5,11H,3-4H2,1-2H3. The van der Waals surface area contributed by atoms with E-state index in [1.807, 2.05) is 19.9 Å². The molecule has 0 saturated carbocycles. The van der Waals surface area contributed by atoms with Crippen LogP contribution in [0.5, 0.6) is 0 Å².